The minimum absolute atomic E-state index is 0. The van der Waals surface area contributed by atoms with E-state index in [1.807, 2.05) is 0 Å². The predicted octanol–water partition coefficient (Wildman–Crippen LogP) is -0.180. The molecule has 0 saturated carbocycles. The fourth-order valence-corrected chi connectivity index (χ4v) is 2.76. The van der Waals surface area contributed by atoms with E-state index in [1.54, 1.807) is 7.11 Å². The molecule has 1 fully saturated rings. The van der Waals surface area contributed by atoms with E-state index in [0.717, 1.165) is 25.9 Å². The van der Waals surface area contributed by atoms with Gasteiger partial charge in [-0.2, -0.15) is 12.7 Å². The van der Waals surface area contributed by atoms with Crippen molar-refractivity contribution in [1.82, 2.24) is 14.3 Å². The summed E-state index contributed by atoms with van der Waals surface area (Å²) in [5, 5.41) is 3.27. The maximum Gasteiger partial charge on any atom is 0.278 e. The third kappa shape index (κ3) is 4.99. The molecule has 0 aliphatic carbocycles. The highest BCUT2D eigenvalue weighted by Crippen LogP contribution is 2.28. The Hall–Kier alpha value is 0.0800. The maximum atomic E-state index is 11.7. The first-order valence-corrected chi connectivity index (χ1v) is 7.23. The number of methoxy groups -OCH3 is 1. The molecule has 0 radical (unpaired) electrons. The maximum absolute atomic E-state index is 11.7. The van der Waals surface area contributed by atoms with Gasteiger partial charge in [-0.1, -0.05) is 0 Å². The van der Waals surface area contributed by atoms with Crippen LogP contribution in [-0.4, -0.2) is 60.2 Å². The molecular formula is C10H24ClN3O3S. The third-order valence-corrected chi connectivity index (χ3v) is 4.70. The van der Waals surface area contributed by atoms with E-state index in [0.29, 0.717) is 13.2 Å². The van der Waals surface area contributed by atoms with Gasteiger partial charge in [-0.05, 0) is 25.9 Å². The van der Waals surface area contributed by atoms with Crippen LogP contribution in [0.15, 0.2) is 0 Å². The molecule has 2 N–H and O–H groups in total. The third-order valence-electron chi connectivity index (χ3n) is 3.23. The summed E-state index contributed by atoms with van der Waals surface area (Å²) in [6.45, 7) is 2.84. The van der Waals surface area contributed by atoms with Crippen molar-refractivity contribution in [2.45, 2.75) is 12.8 Å². The van der Waals surface area contributed by atoms with Gasteiger partial charge in [-0.3, -0.25) is 0 Å². The number of nitrogens with one attached hydrogen (secondary N) is 2. The summed E-state index contributed by atoms with van der Waals surface area (Å²) in [7, 11) is 1.35. The van der Waals surface area contributed by atoms with Gasteiger partial charge in [0, 0.05) is 33.2 Å². The van der Waals surface area contributed by atoms with Gasteiger partial charge in [0.1, 0.15) is 0 Å². The number of hydrogen-bond donors (Lipinski definition) is 2. The van der Waals surface area contributed by atoms with E-state index in [9.17, 15) is 8.42 Å². The van der Waals surface area contributed by atoms with Crippen LogP contribution in [0.2, 0.25) is 0 Å². The van der Waals surface area contributed by atoms with Crippen molar-refractivity contribution in [2.24, 2.45) is 5.41 Å². The van der Waals surface area contributed by atoms with Crippen molar-refractivity contribution < 1.29 is 13.2 Å². The number of nitrogens with zero attached hydrogens (tertiary/aromatic N) is 1. The highest BCUT2D eigenvalue weighted by atomic mass is 35.5. The smallest absolute Gasteiger partial charge is 0.278 e. The van der Waals surface area contributed by atoms with Crippen LogP contribution in [0.4, 0.5) is 0 Å². The molecule has 8 heteroatoms. The molecule has 1 heterocycles. The highest BCUT2D eigenvalue weighted by molar-refractivity contribution is 7.87. The Labute approximate surface area is 116 Å². The molecule has 1 aliphatic heterocycles. The average molecular weight is 302 g/mol. The quantitative estimate of drug-likeness (QED) is 0.714. The Morgan fingerprint density at radius 2 is 1.89 bits per heavy atom. The van der Waals surface area contributed by atoms with Crippen LogP contribution in [0, 0.1) is 5.41 Å². The number of hydrogen-bond acceptors (Lipinski definition) is 4. The molecule has 0 atom stereocenters. The van der Waals surface area contributed by atoms with E-state index in [-0.39, 0.29) is 17.8 Å². The monoisotopic (exact) mass is 301 g/mol. The Morgan fingerprint density at radius 1 is 1.33 bits per heavy atom. The van der Waals surface area contributed by atoms with Crippen molar-refractivity contribution in [3.63, 3.8) is 0 Å². The standard InChI is InChI=1S/C10H23N3O3S.ClH/c1-13(2)17(14,15)12-8-10(9-16-3)4-6-11-7-5-10;/h11-12H,4-9H2,1-3H3;1H. The Bertz CT molecular complexity index is 324. The largest absolute Gasteiger partial charge is 0.384 e. The van der Waals surface area contributed by atoms with Gasteiger partial charge in [-0.25, -0.2) is 4.72 Å². The molecule has 110 valence electrons. The van der Waals surface area contributed by atoms with Gasteiger partial charge >= 0.3 is 0 Å². The Balaban J connectivity index is 0.00000289. The summed E-state index contributed by atoms with van der Waals surface area (Å²) in [4.78, 5) is 0. The first kappa shape index (κ1) is 18.1. The van der Waals surface area contributed by atoms with Gasteiger partial charge in [0.25, 0.3) is 10.2 Å². The van der Waals surface area contributed by atoms with Crippen LogP contribution in [0.5, 0.6) is 0 Å². The fourth-order valence-electron chi connectivity index (χ4n) is 2.01. The lowest BCUT2D eigenvalue weighted by Gasteiger charge is -2.37. The molecule has 0 spiro atoms. The van der Waals surface area contributed by atoms with Crippen molar-refractivity contribution in [1.29, 1.82) is 0 Å². The van der Waals surface area contributed by atoms with Crippen LogP contribution in [-0.2, 0) is 14.9 Å². The molecule has 1 aliphatic rings. The molecular weight excluding hydrogens is 278 g/mol. The van der Waals surface area contributed by atoms with E-state index >= 15 is 0 Å². The van der Waals surface area contributed by atoms with E-state index in [2.05, 4.69) is 10.0 Å². The summed E-state index contributed by atoms with van der Waals surface area (Å²) < 4.78 is 32.4. The number of ether oxygens (including phenoxy) is 1. The zero-order valence-corrected chi connectivity index (χ0v) is 12.9. The van der Waals surface area contributed by atoms with Crippen LogP contribution in [0.25, 0.3) is 0 Å². The Kier molecular flexibility index (Phi) is 7.65. The molecule has 0 amide bonds. The van der Waals surface area contributed by atoms with E-state index in [1.165, 1.54) is 18.4 Å². The lowest BCUT2D eigenvalue weighted by atomic mass is 9.80. The summed E-state index contributed by atoms with van der Waals surface area (Å²) in [6.07, 6.45) is 1.85. The molecule has 0 unspecified atom stereocenters. The summed E-state index contributed by atoms with van der Waals surface area (Å²) in [6, 6.07) is 0. The minimum Gasteiger partial charge on any atom is -0.384 e. The van der Waals surface area contributed by atoms with Crippen molar-refractivity contribution in [2.75, 3.05) is 47.4 Å². The van der Waals surface area contributed by atoms with Crippen LogP contribution in [0.1, 0.15) is 12.8 Å². The van der Waals surface area contributed by atoms with Gasteiger partial charge in [0.15, 0.2) is 0 Å². The van der Waals surface area contributed by atoms with E-state index < -0.39 is 10.2 Å². The number of piperidine rings is 1. The molecule has 0 bridgehead atoms. The Morgan fingerprint density at radius 3 is 2.33 bits per heavy atom. The van der Waals surface area contributed by atoms with Gasteiger partial charge in [-0.15, -0.1) is 12.4 Å². The molecule has 1 rings (SSSR count). The second-order valence-electron chi connectivity index (χ2n) is 4.79. The van der Waals surface area contributed by atoms with Crippen molar-refractivity contribution >= 4 is 22.6 Å². The van der Waals surface area contributed by atoms with Crippen LogP contribution >= 0.6 is 12.4 Å². The lowest BCUT2D eigenvalue weighted by molar-refractivity contribution is 0.0575. The molecule has 6 nitrogen and oxygen atoms in total. The highest BCUT2D eigenvalue weighted by Gasteiger charge is 2.33. The molecule has 0 aromatic rings. The summed E-state index contributed by atoms with van der Waals surface area (Å²) in [5.74, 6) is 0. The van der Waals surface area contributed by atoms with Crippen LogP contribution < -0.4 is 10.0 Å². The predicted molar refractivity (Wildman–Crippen MR) is 74.3 cm³/mol. The minimum atomic E-state index is -3.35. The first-order chi connectivity index (χ1) is 7.92. The number of rotatable bonds is 6. The second-order valence-corrected chi connectivity index (χ2v) is 6.76. The zero-order chi connectivity index (χ0) is 12.9. The molecule has 0 aromatic heterocycles. The summed E-state index contributed by atoms with van der Waals surface area (Å²) in [5.41, 5.74) is -0.0803. The number of halogens is 1. The molecule has 0 aromatic carbocycles. The van der Waals surface area contributed by atoms with E-state index in [4.69, 9.17) is 4.74 Å². The average Bonchev–Trinajstić information content (AvgIpc) is 2.28. The van der Waals surface area contributed by atoms with Gasteiger partial charge in [0.2, 0.25) is 0 Å². The van der Waals surface area contributed by atoms with Crippen LogP contribution in [0.3, 0.4) is 0 Å². The van der Waals surface area contributed by atoms with Crippen molar-refractivity contribution in [3.05, 3.63) is 0 Å². The van der Waals surface area contributed by atoms with Gasteiger partial charge in [0.05, 0.1) is 6.61 Å². The SMILES string of the molecule is COCC1(CNS(=O)(=O)N(C)C)CCNCC1.Cl. The van der Waals surface area contributed by atoms with Crippen molar-refractivity contribution in [3.8, 4) is 0 Å². The topological polar surface area (TPSA) is 70.7 Å². The summed E-state index contributed by atoms with van der Waals surface area (Å²) >= 11 is 0. The molecule has 18 heavy (non-hydrogen) atoms. The first-order valence-electron chi connectivity index (χ1n) is 5.79. The normalized spacial score (nSPS) is 19.6. The fraction of sp³-hybridized carbons (Fsp3) is 1.00. The van der Waals surface area contributed by atoms with Gasteiger partial charge < -0.3 is 10.1 Å². The lowest BCUT2D eigenvalue weighted by Crippen LogP contribution is -2.49. The second kappa shape index (κ2) is 7.62. The molecule has 1 saturated heterocycles. The zero-order valence-electron chi connectivity index (χ0n) is 11.2.